The molecule has 0 amide bonds. The molecule has 2 aromatic carbocycles. The van der Waals surface area contributed by atoms with Gasteiger partial charge < -0.3 is 25.4 Å². The van der Waals surface area contributed by atoms with Crippen molar-refractivity contribution in [1.29, 1.82) is 0 Å². The second-order valence-electron chi connectivity index (χ2n) is 8.03. The molecule has 0 heterocycles. The molecule has 0 bridgehead atoms. The lowest BCUT2D eigenvalue weighted by Gasteiger charge is -2.17. The van der Waals surface area contributed by atoms with E-state index in [1.54, 1.807) is 6.07 Å². The molecule has 1 atom stereocenters. The van der Waals surface area contributed by atoms with Crippen molar-refractivity contribution in [2.45, 2.75) is 57.2 Å². The number of aryl methyl sites for hydroxylation is 1. The molecule has 0 saturated heterocycles. The van der Waals surface area contributed by atoms with Gasteiger partial charge in [0.2, 0.25) is 5.92 Å². The summed E-state index contributed by atoms with van der Waals surface area (Å²) in [6.45, 7) is 0.785. The van der Waals surface area contributed by atoms with Gasteiger partial charge in [-0.1, -0.05) is 36.4 Å². The van der Waals surface area contributed by atoms with Crippen LogP contribution >= 0.6 is 0 Å². The molecule has 0 aliphatic heterocycles. The van der Waals surface area contributed by atoms with Gasteiger partial charge in [0.25, 0.3) is 0 Å². The lowest BCUT2D eigenvalue weighted by Crippen LogP contribution is -2.25. The molecule has 2 rings (SSSR count). The third-order valence-corrected chi connectivity index (χ3v) is 5.35. The number of rotatable bonds is 16. The Balaban J connectivity index is 1.50. The maximum atomic E-state index is 14.0. The van der Waals surface area contributed by atoms with Gasteiger partial charge in [-0.05, 0) is 55.5 Å². The van der Waals surface area contributed by atoms with Crippen molar-refractivity contribution >= 4 is 0 Å². The van der Waals surface area contributed by atoms with Crippen molar-refractivity contribution in [1.82, 2.24) is 5.32 Å². The van der Waals surface area contributed by atoms with Gasteiger partial charge in [0.15, 0.2) is 0 Å². The summed E-state index contributed by atoms with van der Waals surface area (Å²) >= 11 is 0. The first-order valence-electron chi connectivity index (χ1n) is 11.2. The number of aromatic hydroxyl groups is 1. The molecule has 0 unspecified atom stereocenters. The Labute approximate surface area is 189 Å². The van der Waals surface area contributed by atoms with Crippen LogP contribution in [0.3, 0.4) is 0 Å². The van der Waals surface area contributed by atoms with Crippen LogP contribution in [-0.4, -0.2) is 47.5 Å². The number of hydrogen-bond acceptors (Lipinski definition) is 5. The molecule has 0 saturated carbocycles. The molecule has 2 aromatic rings. The third kappa shape index (κ3) is 10.0. The molecular weight excluding hydrogens is 416 g/mol. The summed E-state index contributed by atoms with van der Waals surface area (Å²) in [6, 6.07) is 14.7. The molecule has 32 heavy (non-hydrogen) atoms. The van der Waals surface area contributed by atoms with E-state index < -0.39 is 12.0 Å². The average Bonchev–Trinajstić information content (AvgIpc) is 2.79. The van der Waals surface area contributed by atoms with Crippen LogP contribution in [0.15, 0.2) is 48.5 Å². The zero-order chi connectivity index (χ0) is 23.2. The first-order chi connectivity index (χ1) is 15.4. The highest BCUT2D eigenvalue weighted by atomic mass is 19.3. The normalized spacial score (nSPS) is 12.8. The first kappa shape index (κ1) is 26.2. The highest BCUT2D eigenvalue weighted by Crippen LogP contribution is 2.25. The van der Waals surface area contributed by atoms with Crippen LogP contribution in [0.1, 0.15) is 54.9 Å². The summed E-state index contributed by atoms with van der Waals surface area (Å²) in [6.07, 6.45) is 1.71. The fourth-order valence-corrected chi connectivity index (χ4v) is 3.39. The second-order valence-corrected chi connectivity index (χ2v) is 8.03. The number of benzene rings is 2. The standard InChI is InChI=1S/C25H35F2NO4/c26-25(27,13-16-32-15-5-4-9-20-7-2-1-3-8-20)12-6-14-28-18-24(31)21-10-11-23(30)22(17-21)19-29/h1-3,7-8,10-11,17,24,28-31H,4-6,9,12-16,18-19H2/t24-/m0/s1. The van der Waals surface area contributed by atoms with E-state index >= 15 is 0 Å². The quantitative estimate of drug-likeness (QED) is 0.285. The fraction of sp³-hybridized carbons (Fsp3) is 0.520. The van der Waals surface area contributed by atoms with Gasteiger partial charge in [-0.2, -0.15) is 0 Å². The van der Waals surface area contributed by atoms with E-state index in [1.165, 1.54) is 17.7 Å². The maximum absolute atomic E-state index is 14.0. The molecule has 0 aromatic heterocycles. The smallest absolute Gasteiger partial charge is 0.250 e. The van der Waals surface area contributed by atoms with Crippen LogP contribution in [0.5, 0.6) is 5.75 Å². The fourth-order valence-electron chi connectivity index (χ4n) is 3.39. The zero-order valence-electron chi connectivity index (χ0n) is 18.5. The first-order valence-corrected chi connectivity index (χ1v) is 11.2. The lowest BCUT2D eigenvalue weighted by molar-refractivity contribution is -0.0413. The van der Waals surface area contributed by atoms with Crippen LogP contribution in [0.25, 0.3) is 0 Å². The predicted octanol–water partition coefficient (Wildman–Crippen LogP) is 4.35. The van der Waals surface area contributed by atoms with Crippen LogP contribution < -0.4 is 5.32 Å². The maximum Gasteiger partial charge on any atom is 0.250 e. The molecule has 0 aliphatic carbocycles. The number of ether oxygens (including phenoxy) is 1. The number of halogens is 2. The number of phenols is 1. The monoisotopic (exact) mass is 451 g/mol. The van der Waals surface area contributed by atoms with E-state index in [4.69, 9.17) is 9.84 Å². The van der Waals surface area contributed by atoms with E-state index in [0.717, 1.165) is 19.3 Å². The van der Waals surface area contributed by atoms with Crippen LogP contribution in [-0.2, 0) is 17.8 Å². The number of aliphatic hydroxyl groups excluding tert-OH is 2. The van der Waals surface area contributed by atoms with Crippen molar-refractivity contribution in [3.05, 3.63) is 65.2 Å². The number of alkyl halides is 2. The molecule has 0 fully saturated rings. The van der Waals surface area contributed by atoms with E-state index in [-0.39, 0.29) is 44.8 Å². The molecular formula is C25H35F2NO4. The molecule has 0 spiro atoms. The van der Waals surface area contributed by atoms with E-state index in [9.17, 15) is 19.0 Å². The minimum absolute atomic E-state index is 0.0326. The van der Waals surface area contributed by atoms with Crippen molar-refractivity contribution in [2.75, 3.05) is 26.3 Å². The molecule has 0 aliphatic rings. The van der Waals surface area contributed by atoms with Gasteiger partial charge in [-0.15, -0.1) is 0 Å². The molecule has 178 valence electrons. The average molecular weight is 452 g/mol. The van der Waals surface area contributed by atoms with Crippen LogP contribution in [0, 0.1) is 0 Å². The predicted molar refractivity (Wildman–Crippen MR) is 121 cm³/mol. The van der Waals surface area contributed by atoms with Gasteiger partial charge in [-0.25, -0.2) is 8.78 Å². The van der Waals surface area contributed by atoms with Gasteiger partial charge in [0.05, 0.1) is 19.3 Å². The third-order valence-electron chi connectivity index (χ3n) is 5.35. The van der Waals surface area contributed by atoms with Crippen molar-refractivity contribution in [3.63, 3.8) is 0 Å². The summed E-state index contributed by atoms with van der Waals surface area (Å²) in [5.41, 5.74) is 2.16. The van der Waals surface area contributed by atoms with Crippen molar-refractivity contribution in [2.24, 2.45) is 0 Å². The van der Waals surface area contributed by atoms with Gasteiger partial charge in [0, 0.05) is 31.6 Å². The van der Waals surface area contributed by atoms with Gasteiger partial charge >= 0.3 is 0 Å². The Morgan fingerprint density at radius 2 is 1.75 bits per heavy atom. The molecule has 7 heteroatoms. The highest BCUT2D eigenvalue weighted by Gasteiger charge is 2.27. The molecule has 0 radical (unpaired) electrons. The number of aliphatic hydroxyl groups is 2. The number of nitrogens with one attached hydrogen (secondary N) is 1. The minimum Gasteiger partial charge on any atom is -0.508 e. The largest absolute Gasteiger partial charge is 0.508 e. The Bertz CT molecular complexity index is 774. The zero-order valence-corrected chi connectivity index (χ0v) is 18.5. The summed E-state index contributed by atoms with van der Waals surface area (Å²) in [4.78, 5) is 0. The summed E-state index contributed by atoms with van der Waals surface area (Å²) in [5, 5.41) is 31.9. The lowest BCUT2D eigenvalue weighted by atomic mass is 10.1. The Morgan fingerprint density at radius 3 is 2.50 bits per heavy atom. The van der Waals surface area contributed by atoms with E-state index in [2.05, 4.69) is 17.4 Å². The van der Waals surface area contributed by atoms with Crippen LogP contribution in [0.2, 0.25) is 0 Å². The SMILES string of the molecule is OCc1cc([C@@H](O)CNCCCC(F)(F)CCOCCCCc2ccccc2)ccc1O. The van der Waals surface area contributed by atoms with E-state index in [1.807, 2.05) is 18.2 Å². The highest BCUT2D eigenvalue weighted by molar-refractivity contribution is 5.36. The van der Waals surface area contributed by atoms with Crippen molar-refractivity contribution in [3.8, 4) is 5.75 Å². The Morgan fingerprint density at radius 1 is 0.969 bits per heavy atom. The summed E-state index contributed by atoms with van der Waals surface area (Å²) in [5.74, 6) is -2.80. The van der Waals surface area contributed by atoms with Crippen molar-refractivity contribution < 1.29 is 28.8 Å². The number of unbranched alkanes of at least 4 members (excludes halogenated alkanes) is 1. The summed E-state index contributed by atoms with van der Waals surface area (Å²) < 4.78 is 33.4. The second kappa shape index (κ2) is 14.2. The Hall–Kier alpha value is -2.06. The van der Waals surface area contributed by atoms with E-state index in [0.29, 0.717) is 24.3 Å². The van der Waals surface area contributed by atoms with Gasteiger partial charge in [-0.3, -0.25) is 0 Å². The Kier molecular flexibility index (Phi) is 11.6. The minimum atomic E-state index is -2.77. The van der Waals surface area contributed by atoms with Gasteiger partial charge in [0.1, 0.15) is 5.75 Å². The number of hydrogen-bond donors (Lipinski definition) is 4. The van der Waals surface area contributed by atoms with Crippen LogP contribution in [0.4, 0.5) is 8.78 Å². The topological polar surface area (TPSA) is 82.0 Å². The molecule has 5 nitrogen and oxygen atoms in total. The summed E-state index contributed by atoms with van der Waals surface area (Å²) in [7, 11) is 0. The molecule has 4 N–H and O–H groups in total.